The van der Waals surface area contributed by atoms with Gasteiger partial charge in [-0.1, -0.05) is 13.8 Å². The van der Waals surface area contributed by atoms with Crippen LogP contribution in [0.25, 0.3) is 0 Å². The van der Waals surface area contributed by atoms with Crippen LogP contribution in [0.3, 0.4) is 0 Å². The number of hydrogen-bond donors (Lipinski definition) is 0. The van der Waals surface area contributed by atoms with Crippen LogP contribution in [0.4, 0.5) is 0 Å². The average Bonchev–Trinajstić information content (AvgIpc) is 2.32. The van der Waals surface area contributed by atoms with E-state index in [4.69, 9.17) is 0 Å². The Labute approximate surface area is 110 Å². The highest BCUT2D eigenvalue weighted by molar-refractivity contribution is 8.07. The minimum Gasteiger partial charge on any atom is -0.296 e. The highest BCUT2D eigenvalue weighted by Gasteiger charge is 2.28. The SMILES string of the molecule is Cc1cc(C=O)nc(C2CSC(C)C(C)S2)n1. The molecule has 0 amide bonds. The predicted octanol–water partition coefficient (Wildman–Crippen LogP) is 2.90. The molecule has 3 unspecified atom stereocenters. The van der Waals surface area contributed by atoms with Gasteiger partial charge >= 0.3 is 0 Å². The number of nitrogens with zero attached hydrogens (tertiary/aromatic N) is 2. The van der Waals surface area contributed by atoms with Gasteiger partial charge in [-0.2, -0.15) is 11.8 Å². The van der Waals surface area contributed by atoms with E-state index in [1.165, 1.54) is 0 Å². The summed E-state index contributed by atoms with van der Waals surface area (Å²) in [5.74, 6) is 1.83. The number of carbonyl (C=O) groups excluding carboxylic acids is 1. The molecular formula is C12H16N2OS2. The maximum atomic E-state index is 10.8. The summed E-state index contributed by atoms with van der Waals surface area (Å²) in [5.41, 5.74) is 1.36. The van der Waals surface area contributed by atoms with Crippen molar-refractivity contribution in [2.45, 2.75) is 36.5 Å². The van der Waals surface area contributed by atoms with Gasteiger partial charge in [-0.15, -0.1) is 11.8 Å². The van der Waals surface area contributed by atoms with E-state index in [9.17, 15) is 4.79 Å². The molecule has 2 heterocycles. The molecule has 1 aliphatic rings. The Balaban J connectivity index is 2.22. The zero-order valence-corrected chi connectivity index (χ0v) is 11.8. The minimum absolute atomic E-state index is 0.310. The summed E-state index contributed by atoms with van der Waals surface area (Å²) in [6, 6.07) is 1.73. The molecule has 92 valence electrons. The van der Waals surface area contributed by atoms with E-state index in [1.54, 1.807) is 6.07 Å². The highest BCUT2D eigenvalue weighted by Crippen LogP contribution is 2.43. The van der Waals surface area contributed by atoms with Gasteiger partial charge < -0.3 is 0 Å². The second kappa shape index (κ2) is 5.40. The summed E-state index contributed by atoms with van der Waals surface area (Å²) in [5, 5.41) is 1.58. The Bertz CT molecular complexity index is 425. The number of thioether (sulfide) groups is 2. The van der Waals surface area contributed by atoms with Crippen molar-refractivity contribution < 1.29 is 4.79 Å². The lowest BCUT2D eigenvalue weighted by atomic mass is 10.3. The largest absolute Gasteiger partial charge is 0.296 e. The molecule has 0 aromatic carbocycles. The monoisotopic (exact) mass is 268 g/mol. The van der Waals surface area contributed by atoms with Gasteiger partial charge in [0.2, 0.25) is 0 Å². The van der Waals surface area contributed by atoms with Crippen molar-refractivity contribution >= 4 is 29.8 Å². The van der Waals surface area contributed by atoms with Crippen LogP contribution in [0.2, 0.25) is 0 Å². The molecular weight excluding hydrogens is 252 g/mol. The highest BCUT2D eigenvalue weighted by atomic mass is 32.2. The van der Waals surface area contributed by atoms with Crippen LogP contribution in [0, 0.1) is 6.92 Å². The van der Waals surface area contributed by atoms with E-state index in [-0.39, 0.29) is 0 Å². The third kappa shape index (κ3) is 3.01. The molecule has 3 atom stereocenters. The molecule has 1 aromatic rings. The van der Waals surface area contributed by atoms with E-state index < -0.39 is 0 Å². The molecule has 0 saturated carbocycles. The maximum absolute atomic E-state index is 10.8. The van der Waals surface area contributed by atoms with Gasteiger partial charge in [-0.05, 0) is 13.0 Å². The molecule has 1 aromatic heterocycles. The summed E-state index contributed by atoms with van der Waals surface area (Å²) < 4.78 is 0. The zero-order chi connectivity index (χ0) is 12.4. The van der Waals surface area contributed by atoms with Gasteiger partial charge in [0.1, 0.15) is 11.5 Å². The zero-order valence-electron chi connectivity index (χ0n) is 10.2. The van der Waals surface area contributed by atoms with Gasteiger partial charge in [0.05, 0.1) is 5.25 Å². The number of aryl methyl sites for hydroxylation is 1. The Morgan fingerprint density at radius 1 is 1.35 bits per heavy atom. The third-order valence-electron chi connectivity index (χ3n) is 2.85. The smallest absolute Gasteiger partial charge is 0.168 e. The van der Waals surface area contributed by atoms with Crippen molar-refractivity contribution in [3.05, 3.63) is 23.3 Å². The van der Waals surface area contributed by atoms with Crippen LogP contribution in [0.1, 0.15) is 41.1 Å². The van der Waals surface area contributed by atoms with E-state index in [2.05, 4.69) is 23.8 Å². The molecule has 1 aliphatic heterocycles. The molecule has 0 radical (unpaired) electrons. The molecule has 2 rings (SSSR count). The number of rotatable bonds is 2. The molecule has 3 nitrogen and oxygen atoms in total. The second-order valence-electron chi connectivity index (χ2n) is 4.28. The molecule has 1 fully saturated rings. The van der Waals surface area contributed by atoms with Crippen LogP contribution < -0.4 is 0 Å². The fourth-order valence-corrected chi connectivity index (χ4v) is 4.58. The van der Waals surface area contributed by atoms with Gasteiger partial charge in [0.15, 0.2) is 6.29 Å². The second-order valence-corrected chi connectivity index (χ2v) is 7.27. The first-order chi connectivity index (χ1) is 8.10. The first kappa shape index (κ1) is 12.9. The van der Waals surface area contributed by atoms with E-state index >= 15 is 0 Å². The van der Waals surface area contributed by atoms with Gasteiger partial charge in [0, 0.05) is 21.9 Å². The molecule has 0 spiro atoms. The first-order valence-electron chi connectivity index (χ1n) is 5.68. The molecule has 5 heteroatoms. The van der Waals surface area contributed by atoms with Gasteiger partial charge in [-0.25, -0.2) is 9.97 Å². The van der Waals surface area contributed by atoms with Gasteiger partial charge in [0.25, 0.3) is 0 Å². The standard InChI is InChI=1S/C12H16N2OS2/c1-7-4-10(5-15)14-12(13-7)11-6-16-8(2)9(3)17-11/h4-5,8-9,11H,6H2,1-3H3. The summed E-state index contributed by atoms with van der Waals surface area (Å²) in [6.45, 7) is 6.41. The number of aldehydes is 1. The third-order valence-corrected chi connectivity index (χ3v) is 6.24. The normalized spacial score (nSPS) is 29.0. The van der Waals surface area contributed by atoms with Crippen molar-refractivity contribution in [2.75, 3.05) is 5.75 Å². The molecule has 0 aliphatic carbocycles. The molecule has 0 N–H and O–H groups in total. The van der Waals surface area contributed by atoms with Crippen molar-refractivity contribution in [1.82, 2.24) is 9.97 Å². The molecule has 0 bridgehead atoms. The number of carbonyl (C=O) groups is 1. The first-order valence-corrected chi connectivity index (χ1v) is 7.67. The van der Waals surface area contributed by atoms with Crippen LogP contribution >= 0.6 is 23.5 Å². The Morgan fingerprint density at radius 3 is 2.76 bits per heavy atom. The van der Waals surface area contributed by atoms with Crippen molar-refractivity contribution in [3.8, 4) is 0 Å². The quantitative estimate of drug-likeness (QED) is 0.772. The van der Waals surface area contributed by atoms with Crippen molar-refractivity contribution in [2.24, 2.45) is 0 Å². The lowest BCUT2D eigenvalue weighted by Gasteiger charge is -2.30. The van der Waals surface area contributed by atoms with Crippen LogP contribution in [-0.4, -0.2) is 32.5 Å². The fraction of sp³-hybridized carbons (Fsp3) is 0.583. The maximum Gasteiger partial charge on any atom is 0.168 e. The Kier molecular flexibility index (Phi) is 4.09. The lowest BCUT2D eigenvalue weighted by Crippen LogP contribution is -2.23. The van der Waals surface area contributed by atoms with Gasteiger partial charge in [-0.3, -0.25) is 4.79 Å². The van der Waals surface area contributed by atoms with E-state index in [0.717, 1.165) is 23.6 Å². The Hall–Kier alpha value is -0.550. The fourth-order valence-electron chi connectivity index (χ4n) is 1.74. The molecule has 1 saturated heterocycles. The van der Waals surface area contributed by atoms with Crippen LogP contribution in [0.5, 0.6) is 0 Å². The van der Waals surface area contributed by atoms with Crippen LogP contribution in [-0.2, 0) is 0 Å². The Morgan fingerprint density at radius 2 is 2.12 bits per heavy atom. The summed E-state index contributed by atoms with van der Waals surface area (Å²) in [6.07, 6.45) is 0.796. The predicted molar refractivity (Wildman–Crippen MR) is 73.9 cm³/mol. The lowest BCUT2D eigenvalue weighted by molar-refractivity contribution is 0.111. The van der Waals surface area contributed by atoms with E-state index in [1.807, 2.05) is 30.4 Å². The van der Waals surface area contributed by atoms with E-state index in [0.29, 0.717) is 21.4 Å². The van der Waals surface area contributed by atoms with Crippen LogP contribution in [0.15, 0.2) is 6.07 Å². The average molecular weight is 268 g/mol. The summed E-state index contributed by atoms with van der Waals surface area (Å²) in [4.78, 5) is 19.6. The number of aromatic nitrogens is 2. The topological polar surface area (TPSA) is 42.9 Å². The molecule has 17 heavy (non-hydrogen) atoms. The minimum atomic E-state index is 0.310. The summed E-state index contributed by atoms with van der Waals surface area (Å²) >= 11 is 3.87. The van der Waals surface area contributed by atoms with Crippen molar-refractivity contribution in [3.63, 3.8) is 0 Å². The van der Waals surface area contributed by atoms with Crippen molar-refractivity contribution in [1.29, 1.82) is 0 Å². The summed E-state index contributed by atoms with van der Waals surface area (Å²) in [7, 11) is 0. The number of hydrogen-bond acceptors (Lipinski definition) is 5.